The van der Waals surface area contributed by atoms with Crippen LogP contribution >= 0.6 is 0 Å². The highest BCUT2D eigenvalue weighted by Gasteiger charge is 2.24. The molecular weight excluding hydrogens is 294 g/mol. The van der Waals surface area contributed by atoms with Crippen molar-refractivity contribution >= 4 is 6.03 Å². The standard InChI is InChI=1S/C16H21N5O2/c1-20(12-14-11-13-5-2-3-6-15(13)23-14)16(22)17-7-4-9-21-10-8-18-19-21/h2-3,5-6,8,10,14H,4,7,9,11-12H2,1H3,(H,17,22)/t14-/m1/s1. The fraction of sp³-hybridized carbons (Fsp3) is 0.438. The first-order valence-corrected chi connectivity index (χ1v) is 7.80. The summed E-state index contributed by atoms with van der Waals surface area (Å²) >= 11 is 0. The number of hydrogen-bond acceptors (Lipinski definition) is 4. The topological polar surface area (TPSA) is 72.3 Å². The highest BCUT2D eigenvalue weighted by Crippen LogP contribution is 2.28. The van der Waals surface area contributed by atoms with E-state index in [1.165, 1.54) is 5.56 Å². The summed E-state index contributed by atoms with van der Waals surface area (Å²) < 4.78 is 7.61. The van der Waals surface area contributed by atoms with Crippen molar-refractivity contribution in [3.63, 3.8) is 0 Å². The van der Waals surface area contributed by atoms with Crippen LogP contribution in [0.2, 0.25) is 0 Å². The number of fused-ring (bicyclic) bond motifs is 1. The molecule has 1 N–H and O–H groups in total. The van der Waals surface area contributed by atoms with Gasteiger partial charge in [0.05, 0.1) is 12.7 Å². The van der Waals surface area contributed by atoms with Gasteiger partial charge in [0.2, 0.25) is 0 Å². The van der Waals surface area contributed by atoms with Crippen molar-refractivity contribution in [2.75, 3.05) is 20.1 Å². The number of likely N-dealkylation sites (N-methyl/N-ethyl adjacent to an activating group) is 1. The van der Waals surface area contributed by atoms with E-state index in [1.54, 1.807) is 22.8 Å². The molecule has 0 fully saturated rings. The van der Waals surface area contributed by atoms with E-state index in [9.17, 15) is 4.79 Å². The van der Waals surface area contributed by atoms with Crippen LogP contribution in [0.25, 0.3) is 0 Å². The number of carbonyl (C=O) groups is 1. The third kappa shape index (κ3) is 4.00. The number of ether oxygens (including phenoxy) is 1. The Morgan fingerprint density at radius 3 is 3.13 bits per heavy atom. The van der Waals surface area contributed by atoms with Crippen LogP contribution in [0.3, 0.4) is 0 Å². The van der Waals surface area contributed by atoms with Crippen molar-refractivity contribution in [1.82, 2.24) is 25.2 Å². The van der Waals surface area contributed by atoms with Crippen LogP contribution in [-0.2, 0) is 13.0 Å². The number of amides is 2. The summed E-state index contributed by atoms with van der Waals surface area (Å²) in [6.07, 6.45) is 5.14. The molecule has 0 unspecified atom stereocenters. The maximum absolute atomic E-state index is 12.1. The van der Waals surface area contributed by atoms with Gasteiger partial charge in [0.1, 0.15) is 11.9 Å². The molecule has 0 spiro atoms. The minimum absolute atomic E-state index is 0.0262. The molecule has 7 nitrogen and oxygen atoms in total. The molecule has 1 aromatic heterocycles. The molecule has 0 radical (unpaired) electrons. The van der Waals surface area contributed by atoms with Crippen molar-refractivity contribution in [1.29, 1.82) is 0 Å². The van der Waals surface area contributed by atoms with Gasteiger partial charge in [-0.1, -0.05) is 23.4 Å². The molecule has 0 saturated carbocycles. The Kier molecular flexibility index (Phi) is 4.75. The van der Waals surface area contributed by atoms with Crippen molar-refractivity contribution < 1.29 is 9.53 Å². The second-order valence-corrected chi connectivity index (χ2v) is 5.68. The fourth-order valence-electron chi connectivity index (χ4n) is 2.67. The van der Waals surface area contributed by atoms with Crippen LogP contribution < -0.4 is 10.1 Å². The molecule has 0 bridgehead atoms. The van der Waals surface area contributed by atoms with E-state index in [0.29, 0.717) is 13.1 Å². The first kappa shape index (κ1) is 15.3. The van der Waals surface area contributed by atoms with Gasteiger partial charge in [-0.05, 0) is 18.1 Å². The number of nitrogens with zero attached hydrogens (tertiary/aromatic N) is 4. The average molecular weight is 315 g/mol. The normalized spacial score (nSPS) is 15.8. The van der Waals surface area contributed by atoms with Crippen LogP contribution in [0.4, 0.5) is 4.79 Å². The van der Waals surface area contributed by atoms with Gasteiger partial charge in [0, 0.05) is 32.8 Å². The Morgan fingerprint density at radius 2 is 2.35 bits per heavy atom. The lowest BCUT2D eigenvalue weighted by Crippen LogP contribution is -2.42. The molecule has 0 aliphatic carbocycles. The lowest BCUT2D eigenvalue weighted by molar-refractivity contribution is 0.164. The minimum atomic E-state index is -0.0804. The largest absolute Gasteiger partial charge is 0.488 e. The summed E-state index contributed by atoms with van der Waals surface area (Å²) in [5.41, 5.74) is 1.21. The van der Waals surface area contributed by atoms with Crippen molar-refractivity contribution in [3.8, 4) is 5.75 Å². The first-order valence-electron chi connectivity index (χ1n) is 7.80. The van der Waals surface area contributed by atoms with Gasteiger partial charge in [-0.2, -0.15) is 0 Å². The van der Waals surface area contributed by atoms with E-state index in [0.717, 1.165) is 25.1 Å². The number of para-hydroxylation sites is 1. The number of urea groups is 1. The predicted molar refractivity (Wildman–Crippen MR) is 85.2 cm³/mol. The third-order valence-corrected chi connectivity index (χ3v) is 3.85. The zero-order valence-electron chi connectivity index (χ0n) is 13.2. The highest BCUT2D eigenvalue weighted by atomic mass is 16.5. The van der Waals surface area contributed by atoms with Crippen molar-refractivity contribution in [2.24, 2.45) is 0 Å². The summed E-state index contributed by atoms with van der Waals surface area (Å²) in [4.78, 5) is 13.8. The molecule has 1 aromatic carbocycles. The van der Waals surface area contributed by atoms with E-state index < -0.39 is 0 Å². The van der Waals surface area contributed by atoms with Gasteiger partial charge in [-0.25, -0.2) is 4.79 Å². The monoisotopic (exact) mass is 315 g/mol. The summed E-state index contributed by atoms with van der Waals surface area (Å²) in [5.74, 6) is 0.930. The molecule has 1 aliphatic rings. The van der Waals surface area contributed by atoms with Gasteiger partial charge in [0.15, 0.2) is 0 Å². The molecule has 2 amide bonds. The summed E-state index contributed by atoms with van der Waals surface area (Å²) in [6.45, 7) is 1.92. The van der Waals surface area contributed by atoms with Crippen LogP contribution in [0.15, 0.2) is 36.7 Å². The molecular formula is C16H21N5O2. The zero-order chi connectivity index (χ0) is 16.1. The molecule has 0 saturated heterocycles. The molecule has 2 aromatic rings. The smallest absolute Gasteiger partial charge is 0.317 e. The highest BCUT2D eigenvalue weighted by molar-refractivity contribution is 5.73. The second-order valence-electron chi connectivity index (χ2n) is 5.68. The molecule has 1 atom stereocenters. The van der Waals surface area contributed by atoms with Crippen LogP contribution in [0.1, 0.15) is 12.0 Å². The van der Waals surface area contributed by atoms with E-state index in [2.05, 4.69) is 21.7 Å². The number of nitrogens with one attached hydrogen (secondary N) is 1. The third-order valence-electron chi connectivity index (χ3n) is 3.85. The second kappa shape index (κ2) is 7.13. The van der Waals surface area contributed by atoms with Gasteiger partial charge >= 0.3 is 6.03 Å². The number of hydrogen-bond donors (Lipinski definition) is 1. The SMILES string of the molecule is CN(C[C@H]1Cc2ccccc2O1)C(=O)NCCCn1ccnn1. The van der Waals surface area contributed by atoms with Crippen LogP contribution in [0.5, 0.6) is 5.75 Å². The number of aryl methyl sites for hydroxylation is 1. The first-order chi connectivity index (χ1) is 11.2. The minimum Gasteiger partial charge on any atom is -0.488 e. The maximum Gasteiger partial charge on any atom is 0.317 e. The Hall–Kier alpha value is -2.57. The van der Waals surface area contributed by atoms with Crippen LogP contribution in [0, 0.1) is 0 Å². The quantitative estimate of drug-likeness (QED) is 0.816. The predicted octanol–water partition coefficient (Wildman–Crippen LogP) is 1.31. The van der Waals surface area contributed by atoms with Gasteiger partial charge in [0.25, 0.3) is 0 Å². The number of aromatic nitrogens is 3. The molecule has 7 heteroatoms. The van der Waals surface area contributed by atoms with E-state index in [1.807, 2.05) is 24.4 Å². The Labute approximate surface area is 135 Å². The fourth-order valence-corrected chi connectivity index (χ4v) is 2.67. The number of carbonyl (C=O) groups excluding carboxylic acids is 1. The molecule has 23 heavy (non-hydrogen) atoms. The lowest BCUT2D eigenvalue weighted by Gasteiger charge is -2.21. The number of rotatable bonds is 6. The Morgan fingerprint density at radius 1 is 1.48 bits per heavy atom. The Bertz CT molecular complexity index is 619. The maximum atomic E-state index is 12.1. The summed E-state index contributed by atoms with van der Waals surface area (Å²) in [6, 6.07) is 7.94. The molecule has 1 aliphatic heterocycles. The Balaban J connectivity index is 1.37. The van der Waals surface area contributed by atoms with E-state index in [4.69, 9.17) is 4.74 Å². The zero-order valence-corrected chi connectivity index (χ0v) is 13.2. The van der Waals surface area contributed by atoms with E-state index in [-0.39, 0.29) is 12.1 Å². The average Bonchev–Trinajstić information content (AvgIpc) is 3.19. The van der Waals surface area contributed by atoms with Crippen molar-refractivity contribution in [2.45, 2.75) is 25.5 Å². The van der Waals surface area contributed by atoms with Crippen LogP contribution in [-0.4, -0.2) is 52.2 Å². The van der Waals surface area contributed by atoms with Gasteiger partial charge in [-0.15, -0.1) is 5.10 Å². The summed E-state index contributed by atoms with van der Waals surface area (Å²) in [5, 5.41) is 10.5. The number of benzene rings is 1. The molecule has 2 heterocycles. The van der Waals surface area contributed by atoms with E-state index >= 15 is 0 Å². The molecule has 3 rings (SSSR count). The van der Waals surface area contributed by atoms with Crippen molar-refractivity contribution in [3.05, 3.63) is 42.2 Å². The van der Waals surface area contributed by atoms with Gasteiger partial charge in [-0.3, -0.25) is 4.68 Å². The van der Waals surface area contributed by atoms with Gasteiger partial charge < -0.3 is 15.0 Å². The lowest BCUT2D eigenvalue weighted by atomic mass is 10.1. The molecule has 122 valence electrons. The summed E-state index contributed by atoms with van der Waals surface area (Å²) in [7, 11) is 1.79.